The Bertz CT molecular complexity index is 1230. The van der Waals surface area contributed by atoms with E-state index >= 15 is 0 Å². The number of sulfonamides is 1. The van der Waals surface area contributed by atoms with Crippen LogP contribution in [0.5, 0.6) is 0 Å². The zero-order valence-electron chi connectivity index (χ0n) is 17.1. The first-order valence-corrected chi connectivity index (χ1v) is 11.7. The van der Waals surface area contributed by atoms with Crippen LogP contribution < -0.4 is 5.32 Å². The number of halogens is 2. The summed E-state index contributed by atoms with van der Waals surface area (Å²) >= 11 is 6.05. The molecule has 166 valence electrons. The van der Waals surface area contributed by atoms with E-state index in [0.717, 1.165) is 10.6 Å². The molecule has 0 atom stereocenters. The molecule has 6 nitrogen and oxygen atoms in total. The van der Waals surface area contributed by atoms with Gasteiger partial charge in [-0.05, 0) is 35.9 Å². The minimum absolute atomic E-state index is 0.108. The fourth-order valence-electron chi connectivity index (χ4n) is 2.99. The minimum atomic E-state index is -3.75. The van der Waals surface area contributed by atoms with Crippen molar-refractivity contribution in [2.75, 3.05) is 18.1 Å². The Labute approximate surface area is 190 Å². The lowest BCUT2D eigenvalue weighted by Crippen LogP contribution is -2.37. The number of carbonyl (C=O) groups is 2. The van der Waals surface area contributed by atoms with Crippen LogP contribution in [0.25, 0.3) is 0 Å². The molecule has 0 aliphatic heterocycles. The lowest BCUT2D eigenvalue weighted by molar-refractivity contribution is -0.116. The first kappa shape index (κ1) is 23.6. The minimum Gasteiger partial charge on any atom is -0.324 e. The maximum Gasteiger partial charge on any atom is 0.239 e. The van der Waals surface area contributed by atoms with Crippen molar-refractivity contribution < 1.29 is 22.4 Å². The number of hydrogen-bond acceptors (Lipinski definition) is 4. The third kappa shape index (κ3) is 6.23. The van der Waals surface area contributed by atoms with Gasteiger partial charge >= 0.3 is 0 Å². The molecule has 3 rings (SSSR count). The second-order valence-electron chi connectivity index (χ2n) is 7.09. The summed E-state index contributed by atoms with van der Waals surface area (Å²) in [5, 5.41) is 2.92. The third-order valence-corrected chi connectivity index (χ3v) is 6.03. The second-order valence-corrected chi connectivity index (χ2v) is 9.51. The van der Waals surface area contributed by atoms with Gasteiger partial charge < -0.3 is 5.32 Å². The van der Waals surface area contributed by atoms with Gasteiger partial charge in [0.05, 0.1) is 18.5 Å². The van der Waals surface area contributed by atoms with E-state index in [4.69, 9.17) is 11.6 Å². The Morgan fingerprint density at radius 2 is 1.66 bits per heavy atom. The van der Waals surface area contributed by atoms with E-state index in [2.05, 4.69) is 5.32 Å². The van der Waals surface area contributed by atoms with E-state index in [0.29, 0.717) is 16.1 Å². The van der Waals surface area contributed by atoms with E-state index in [1.807, 2.05) is 0 Å². The summed E-state index contributed by atoms with van der Waals surface area (Å²) in [5.41, 5.74) is 1.33. The number of amides is 1. The number of benzene rings is 3. The van der Waals surface area contributed by atoms with Gasteiger partial charge in [0.2, 0.25) is 15.9 Å². The predicted octanol–water partition coefficient (Wildman–Crippen LogP) is 4.11. The van der Waals surface area contributed by atoms with E-state index in [1.165, 1.54) is 42.5 Å². The molecule has 0 saturated heterocycles. The highest BCUT2D eigenvalue weighted by Gasteiger charge is 2.22. The molecule has 9 heteroatoms. The molecule has 0 saturated carbocycles. The fourth-order valence-corrected chi connectivity index (χ4v) is 3.90. The fraction of sp³-hybridized carbons (Fsp3) is 0.130. The van der Waals surface area contributed by atoms with Gasteiger partial charge in [-0.1, -0.05) is 54.1 Å². The predicted molar refractivity (Wildman–Crippen MR) is 122 cm³/mol. The Hall–Kier alpha value is -3.07. The van der Waals surface area contributed by atoms with Crippen molar-refractivity contribution in [1.82, 2.24) is 4.31 Å². The van der Waals surface area contributed by atoms with Crippen LogP contribution in [0.4, 0.5) is 10.1 Å². The molecule has 32 heavy (non-hydrogen) atoms. The van der Waals surface area contributed by atoms with Crippen LogP contribution in [0.3, 0.4) is 0 Å². The van der Waals surface area contributed by atoms with E-state index in [1.54, 1.807) is 30.3 Å². The SMILES string of the molecule is CS(=O)(=O)N(CC(=O)Nc1ccc(Cl)cc1C(=O)c1ccccc1)Cc1ccc(F)cc1. The average Bonchev–Trinajstić information content (AvgIpc) is 2.75. The normalized spacial score (nSPS) is 11.4. The number of anilines is 1. The zero-order valence-corrected chi connectivity index (χ0v) is 18.7. The van der Waals surface area contributed by atoms with Crippen LogP contribution in [0.1, 0.15) is 21.5 Å². The summed E-state index contributed by atoms with van der Waals surface area (Å²) in [6.07, 6.45) is 0.983. The van der Waals surface area contributed by atoms with Gasteiger partial charge in [-0.3, -0.25) is 9.59 Å². The van der Waals surface area contributed by atoms with Crippen molar-refractivity contribution in [2.45, 2.75) is 6.54 Å². The number of rotatable bonds is 8. The van der Waals surface area contributed by atoms with Crippen molar-refractivity contribution in [1.29, 1.82) is 0 Å². The average molecular weight is 475 g/mol. The molecule has 0 fully saturated rings. The van der Waals surface area contributed by atoms with Crippen molar-refractivity contribution in [3.63, 3.8) is 0 Å². The summed E-state index contributed by atoms with van der Waals surface area (Å²) in [6, 6.07) is 18.3. The first-order valence-electron chi connectivity index (χ1n) is 9.52. The Kier molecular flexibility index (Phi) is 7.40. The zero-order chi connectivity index (χ0) is 23.3. The Morgan fingerprint density at radius 1 is 1.00 bits per heavy atom. The van der Waals surface area contributed by atoms with E-state index < -0.39 is 28.3 Å². The molecule has 1 amide bonds. The molecule has 0 aromatic heterocycles. The van der Waals surface area contributed by atoms with Gasteiger partial charge in [0.25, 0.3) is 0 Å². The van der Waals surface area contributed by atoms with Crippen molar-refractivity contribution in [3.05, 3.63) is 100 Å². The van der Waals surface area contributed by atoms with Crippen LogP contribution in [-0.2, 0) is 21.4 Å². The Morgan fingerprint density at radius 3 is 2.28 bits per heavy atom. The molecule has 0 radical (unpaired) electrons. The van der Waals surface area contributed by atoms with E-state index in [9.17, 15) is 22.4 Å². The molecule has 0 heterocycles. The molecule has 1 N–H and O–H groups in total. The summed E-state index contributed by atoms with van der Waals surface area (Å²) in [4.78, 5) is 25.6. The standard InChI is InChI=1S/C23H20ClFN2O4S/c1-32(30,31)27(14-16-7-10-19(25)11-8-16)15-22(28)26-21-12-9-18(24)13-20(21)23(29)17-5-3-2-4-6-17/h2-13H,14-15H2,1H3,(H,26,28). The summed E-state index contributed by atoms with van der Waals surface area (Å²) in [7, 11) is -3.75. The summed E-state index contributed by atoms with van der Waals surface area (Å²) in [6.45, 7) is -0.596. The number of ketones is 1. The second kappa shape index (κ2) is 10.0. The van der Waals surface area contributed by atoms with Gasteiger partial charge in [0, 0.05) is 22.7 Å². The Balaban J connectivity index is 1.81. The van der Waals surface area contributed by atoms with Gasteiger partial charge in [0.15, 0.2) is 5.78 Å². The monoisotopic (exact) mass is 474 g/mol. The highest BCUT2D eigenvalue weighted by molar-refractivity contribution is 7.88. The van der Waals surface area contributed by atoms with Crippen LogP contribution in [0.2, 0.25) is 5.02 Å². The maximum absolute atomic E-state index is 13.1. The van der Waals surface area contributed by atoms with Gasteiger partial charge in [-0.25, -0.2) is 12.8 Å². The quantitative estimate of drug-likeness (QED) is 0.498. The first-order chi connectivity index (χ1) is 15.1. The molecule has 3 aromatic rings. The molecular formula is C23H20ClFN2O4S. The van der Waals surface area contributed by atoms with Crippen LogP contribution in [-0.4, -0.2) is 37.2 Å². The third-order valence-electron chi connectivity index (χ3n) is 4.60. The van der Waals surface area contributed by atoms with Crippen LogP contribution in [0.15, 0.2) is 72.8 Å². The van der Waals surface area contributed by atoms with Crippen molar-refractivity contribution in [3.8, 4) is 0 Å². The topological polar surface area (TPSA) is 83.6 Å². The molecule has 3 aromatic carbocycles. The van der Waals surface area contributed by atoms with Crippen molar-refractivity contribution >= 4 is 39.0 Å². The number of nitrogens with one attached hydrogen (secondary N) is 1. The van der Waals surface area contributed by atoms with Crippen LogP contribution >= 0.6 is 11.6 Å². The number of carbonyl (C=O) groups excluding carboxylic acids is 2. The lowest BCUT2D eigenvalue weighted by Gasteiger charge is -2.20. The van der Waals surface area contributed by atoms with E-state index in [-0.39, 0.29) is 23.6 Å². The molecular weight excluding hydrogens is 455 g/mol. The summed E-state index contributed by atoms with van der Waals surface area (Å²) < 4.78 is 38.5. The molecule has 0 aliphatic carbocycles. The van der Waals surface area contributed by atoms with Gasteiger partial charge in [-0.2, -0.15) is 4.31 Å². The van der Waals surface area contributed by atoms with Crippen LogP contribution in [0, 0.1) is 5.82 Å². The van der Waals surface area contributed by atoms with Gasteiger partial charge in [-0.15, -0.1) is 0 Å². The highest BCUT2D eigenvalue weighted by Crippen LogP contribution is 2.24. The summed E-state index contributed by atoms with van der Waals surface area (Å²) in [5.74, 6) is -1.42. The van der Waals surface area contributed by atoms with Crippen molar-refractivity contribution in [2.24, 2.45) is 0 Å². The maximum atomic E-state index is 13.1. The number of hydrogen-bond donors (Lipinski definition) is 1. The molecule has 0 unspecified atom stereocenters. The highest BCUT2D eigenvalue weighted by atomic mass is 35.5. The van der Waals surface area contributed by atoms with Gasteiger partial charge in [0.1, 0.15) is 5.82 Å². The number of nitrogens with zero attached hydrogens (tertiary/aromatic N) is 1. The largest absolute Gasteiger partial charge is 0.324 e. The molecule has 0 bridgehead atoms. The lowest BCUT2D eigenvalue weighted by atomic mass is 10.0. The molecule has 0 spiro atoms. The smallest absolute Gasteiger partial charge is 0.239 e. The molecule has 0 aliphatic rings.